The van der Waals surface area contributed by atoms with Crippen LogP contribution in [-0.2, 0) is 10.0 Å². The second kappa shape index (κ2) is 3.78. The van der Waals surface area contributed by atoms with E-state index in [9.17, 15) is 8.42 Å². The van der Waals surface area contributed by atoms with Gasteiger partial charge in [-0.15, -0.1) is 0 Å². The van der Waals surface area contributed by atoms with Crippen LogP contribution in [0.25, 0.3) is 0 Å². The maximum absolute atomic E-state index is 11.3. The van der Waals surface area contributed by atoms with Gasteiger partial charge in [-0.3, -0.25) is 0 Å². The molecule has 1 aliphatic rings. The van der Waals surface area contributed by atoms with E-state index in [1.165, 1.54) is 0 Å². The molecule has 11 heavy (non-hydrogen) atoms. The van der Waals surface area contributed by atoms with Crippen molar-refractivity contribution in [3.05, 3.63) is 0 Å². The standard InChI is InChI=1S/C6H13NO2S2/c1-2-11(8,9)7-3-5-10-6-4-7/h2-6H2,1H3. The summed E-state index contributed by atoms with van der Waals surface area (Å²) in [6.45, 7) is 3.08. The molecule has 0 aromatic carbocycles. The summed E-state index contributed by atoms with van der Waals surface area (Å²) >= 11 is 1.82. The van der Waals surface area contributed by atoms with Crippen molar-refractivity contribution in [3.8, 4) is 0 Å². The van der Waals surface area contributed by atoms with Gasteiger partial charge in [-0.1, -0.05) is 0 Å². The third kappa shape index (κ3) is 2.35. The first-order chi connectivity index (χ1) is 5.17. The smallest absolute Gasteiger partial charge is 0.212 e. The van der Waals surface area contributed by atoms with Gasteiger partial charge in [-0.2, -0.15) is 11.8 Å². The molecule has 0 spiro atoms. The molecule has 1 rings (SSSR count). The number of thioether (sulfide) groups is 1. The summed E-state index contributed by atoms with van der Waals surface area (Å²) in [7, 11) is -2.90. The minimum atomic E-state index is -2.90. The fourth-order valence-corrected chi connectivity index (χ4v) is 3.25. The van der Waals surface area contributed by atoms with Crippen LogP contribution < -0.4 is 0 Å². The number of nitrogens with zero attached hydrogens (tertiary/aromatic N) is 1. The fraction of sp³-hybridized carbons (Fsp3) is 1.00. The highest BCUT2D eigenvalue weighted by atomic mass is 32.2. The van der Waals surface area contributed by atoms with Gasteiger partial charge < -0.3 is 0 Å². The molecule has 1 fully saturated rings. The van der Waals surface area contributed by atoms with E-state index in [0.29, 0.717) is 13.1 Å². The molecule has 1 heterocycles. The lowest BCUT2D eigenvalue weighted by Gasteiger charge is -2.24. The summed E-state index contributed by atoms with van der Waals surface area (Å²) in [5.74, 6) is 2.12. The first-order valence-electron chi connectivity index (χ1n) is 3.72. The van der Waals surface area contributed by atoms with Gasteiger partial charge in [-0.25, -0.2) is 12.7 Å². The summed E-state index contributed by atoms with van der Waals surface area (Å²) in [5.41, 5.74) is 0. The molecule has 66 valence electrons. The SMILES string of the molecule is CCS(=O)(=O)N1CCSCC1. The quantitative estimate of drug-likeness (QED) is 0.639. The molecule has 0 aromatic heterocycles. The molecule has 0 bridgehead atoms. The van der Waals surface area contributed by atoms with Crippen molar-refractivity contribution in [2.75, 3.05) is 30.3 Å². The molecule has 0 N–H and O–H groups in total. The highest BCUT2D eigenvalue weighted by Gasteiger charge is 2.21. The Morgan fingerprint density at radius 1 is 1.36 bits per heavy atom. The van der Waals surface area contributed by atoms with Crippen molar-refractivity contribution in [2.45, 2.75) is 6.92 Å². The Bertz CT molecular complexity index is 207. The molecule has 1 aliphatic heterocycles. The lowest BCUT2D eigenvalue weighted by molar-refractivity contribution is 0.444. The highest BCUT2D eigenvalue weighted by molar-refractivity contribution is 7.99. The molecule has 0 aliphatic carbocycles. The van der Waals surface area contributed by atoms with E-state index in [1.807, 2.05) is 11.8 Å². The van der Waals surface area contributed by atoms with Gasteiger partial charge >= 0.3 is 0 Å². The first-order valence-corrected chi connectivity index (χ1v) is 6.49. The molecule has 0 radical (unpaired) electrons. The van der Waals surface area contributed by atoms with Gasteiger partial charge in [0, 0.05) is 24.6 Å². The summed E-state index contributed by atoms with van der Waals surface area (Å²) in [6, 6.07) is 0. The Balaban J connectivity index is 2.58. The van der Waals surface area contributed by atoms with Crippen LogP contribution >= 0.6 is 11.8 Å². The minimum absolute atomic E-state index is 0.234. The van der Waals surface area contributed by atoms with Crippen LogP contribution in [0.15, 0.2) is 0 Å². The largest absolute Gasteiger partial charge is 0.213 e. The minimum Gasteiger partial charge on any atom is -0.212 e. The molecule has 0 saturated carbocycles. The lowest BCUT2D eigenvalue weighted by Crippen LogP contribution is -2.38. The molecule has 1 saturated heterocycles. The Labute approximate surface area is 72.2 Å². The molecular formula is C6H13NO2S2. The molecule has 0 atom stereocenters. The summed E-state index contributed by atoms with van der Waals surface area (Å²) in [4.78, 5) is 0. The van der Waals surface area contributed by atoms with E-state index in [4.69, 9.17) is 0 Å². The van der Waals surface area contributed by atoms with Crippen LogP contribution in [0.5, 0.6) is 0 Å². The van der Waals surface area contributed by atoms with E-state index >= 15 is 0 Å². The van der Waals surface area contributed by atoms with Crippen LogP contribution in [0.3, 0.4) is 0 Å². The van der Waals surface area contributed by atoms with Gasteiger partial charge in [0.2, 0.25) is 10.0 Å². The third-order valence-electron chi connectivity index (χ3n) is 1.73. The van der Waals surface area contributed by atoms with Gasteiger partial charge in [-0.05, 0) is 6.92 Å². The summed E-state index contributed by atoms with van der Waals surface area (Å²) < 4.78 is 24.1. The monoisotopic (exact) mass is 195 g/mol. The predicted octanol–water partition coefficient (Wildman–Crippen LogP) is 0.385. The average Bonchev–Trinajstić information content (AvgIpc) is 2.06. The van der Waals surface area contributed by atoms with Crippen molar-refractivity contribution in [2.24, 2.45) is 0 Å². The van der Waals surface area contributed by atoms with Gasteiger partial charge in [0.15, 0.2) is 0 Å². The topological polar surface area (TPSA) is 37.4 Å². The van der Waals surface area contributed by atoms with Crippen LogP contribution in [0.2, 0.25) is 0 Å². The molecule has 0 unspecified atom stereocenters. The molecule has 3 nitrogen and oxygen atoms in total. The van der Waals surface area contributed by atoms with Crippen molar-refractivity contribution < 1.29 is 8.42 Å². The van der Waals surface area contributed by atoms with E-state index < -0.39 is 10.0 Å². The zero-order valence-corrected chi connectivity index (χ0v) is 8.25. The Morgan fingerprint density at radius 2 is 1.91 bits per heavy atom. The van der Waals surface area contributed by atoms with E-state index in [0.717, 1.165) is 11.5 Å². The number of rotatable bonds is 2. The van der Waals surface area contributed by atoms with E-state index in [1.54, 1.807) is 11.2 Å². The Morgan fingerprint density at radius 3 is 2.36 bits per heavy atom. The average molecular weight is 195 g/mol. The Kier molecular flexibility index (Phi) is 3.21. The van der Waals surface area contributed by atoms with Crippen molar-refractivity contribution in [1.29, 1.82) is 0 Å². The van der Waals surface area contributed by atoms with Crippen LogP contribution in [0.4, 0.5) is 0 Å². The molecule has 0 amide bonds. The van der Waals surface area contributed by atoms with Crippen LogP contribution in [0.1, 0.15) is 6.92 Å². The van der Waals surface area contributed by atoms with E-state index in [-0.39, 0.29) is 5.75 Å². The number of hydrogen-bond donors (Lipinski definition) is 0. The lowest BCUT2D eigenvalue weighted by atomic mass is 10.6. The van der Waals surface area contributed by atoms with Gasteiger partial charge in [0.05, 0.1) is 5.75 Å². The zero-order chi connectivity index (χ0) is 8.32. The highest BCUT2D eigenvalue weighted by Crippen LogP contribution is 2.12. The van der Waals surface area contributed by atoms with Gasteiger partial charge in [0.1, 0.15) is 0 Å². The van der Waals surface area contributed by atoms with Crippen LogP contribution in [0, 0.1) is 0 Å². The molecule has 0 aromatic rings. The summed E-state index contributed by atoms with van der Waals surface area (Å²) in [5, 5.41) is 0. The number of hydrogen-bond acceptors (Lipinski definition) is 3. The summed E-state index contributed by atoms with van der Waals surface area (Å²) in [6.07, 6.45) is 0. The molecular weight excluding hydrogens is 182 g/mol. The van der Waals surface area contributed by atoms with Crippen LogP contribution in [-0.4, -0.2) is 43.1 Å². The number of sulfonamides is 1. The second-order valence-electron chi connectivity index (χ2n) is 2.41. The normalized spacial score (nSPS) is 21.9. The first kappa shape index (κ1) is 9.35. The maximum Gasteiger partial charge on any atom is 0.213 e. The maximum atomic E-state index is 11.3. The van der Waals surface area contributed by atoms with Crippen molar-refractivity contribution >= 4 is 21.8 Å². The second-order valence-corrected chi connectivity index (χ2v) is 5.89. The third-order valence-corrected chi connectivity index (χ3v) is 4.55. The van der Waals surface area contributed by atoms with Gasteiger partial charge in [0.25, 0.3) is 0 Å². The predicted molar refractivity (Wildman–Crippen MR) is 48.4 cm³/mol. The van der Waals surface area contributed by atoms with E-state index in [2.05, 4.69) is 0 Å². The van der Waals surface area contributed by atoms with Crippen molar-refractivity contribution in [1.82, 2.24) is 4.31 Å². The fourth-order valence-electron chi connectivity index (χ4n) is 1.01. The zero-order valence-electron chi connectivity index (χ0n) is 6.62. The Hall–Kier alpha value is 0.260. The molecule has 5 heteroatoms. The van der Waals surface area contributed by atoms with Crippen molar-refractivity contribution in [3.63, 3.8) is 0 Å².